The number of H-pyrrole nitrogens is 1. The number of methoxy groups -OCH3 is 1. The van der Waals surface area contributed by atoms with E-state index in [0.29, 0.717) is 24.1 Å². The monoisotopic (exact) mass is 464 g/mol. The first-order chi connectivity index (χ1) is 15.3. The molecule has 3 heterocycles. The van der Waals surface area contributed by atoms with Gasteiger partial charge in [-0.25, -0.2) is 13.4 Å². The van der Waals surface area contributed by atoms with Crippen LogP contribution in [0, 0.1) is 11.8 Å². The number of thiophene rings is 1. The lowest BCUT2D eigenvalue weighted by molar-refractivity contribution is 0.397. The molecular weight excluding hydrogens is 444 g/mol. The molecule has 0 bridgehead atoms. The minimum absolute atomic E-state index is 0.153. The van der Waals surface area contributed by atoms with Gasteiger partial charge in [-0.2, -0.15) is 0 Å². The fourth-order valence-corrected chi connectivity index (χ4v) is 4.94. The van der Waals surface area contributed by atoms with Crippen LogP contribution in [0.2, 0.25) is 0 Å². The van der Waals surface area contributed by atoms with Crippen LogP contribution in [0.1, 0.15) is 21.6 Å². The number of aromatic nitrogens is 2. The number of hydrogen-bond acceptors (Lipinski definition) is 6. The molecule has 0 saturated heterocycles. The number of nitrogens with one attached hydrogen (secondary N) is 1. The first kappa shape index (κ1) is 21.8. The summed E-state index contributed by atoms with van der Waals surface area (Å²) in [6, 6.07) is 12.3. The summed E-state index contributed by atoms with van der Waals surface area (Å²) in [5.74, 6) is 6.85. The first-order valence-electron chi connectivity index (χ1n) is 9.74. The third kappa shape index (κ3) is 4.90. The average molecular weight is 465 g/mol. The molecule has 0 aliphatic heterocycles. The Hall–Kier alpha value is -3.41. The van der Waals surface area contributed by atoms with Crippen LogP contribution in [0.25, 0.3) is 10.1 Å². The summed E-state index contributed by atoms with van der Waals surface area (Å²) < 4.78 is 29.3. The van der Waals surface area contributed by atoms with Crippen molar-refractivity contribution in [2.24, 2.45) is 0 Å². The van der Waals surface area contributed by atoms with Gasteiger partial charge >= 0.3 is 0 Å². The molecule has 3 aromatic heterocycles. The van der Waals surface area contributed by atoms with Crippen LogP contribution < -0.4 is 10.3 Å². The van der Waals surface area contributed by atoms with Gasteiger partial charge in [-0.15, -0.1) is 11.3 Å². The van der Waals surface area contributed by atoms with Gasteiger partial charge in [0, 0.05) is 42.3 Å². The van der Waals surface area contributed by atoms with Gasteiger partial charge in [0.15, 0.2) is 9.84 Å². The molecule has 0 fully saturated rings. The van der Waals surface area contributed by atoms with Crippen molar-refractivity contribution < 1.29 is 13.2 Å². The van der Waals surface area contributed by atoms with Crippen molar-refractivity contribution in [1.82, 2.24) is 9.97 Å². The standard InChI is InChI=1S/C24H20N2O4S2/c1-30-22-13-16(10-11-25-22)4-3-5-19-14-21-23(31-19)18(15-26-24(21)27)12-17-6-8-20(9-7-17)32(2,28)29/h6-11,13-15H,4,12H2,1-2H3,(H,26,27). The Kier molecular flexibility index (Phi) is 6.12. The van der Waals surface area contributed by atoms with E-state index in [0.717, 1.165) is 26.3 Å². The van der Waals surface area contributed by atoms with Crippen LogP contribution in [0.3, 0.4) is 0 Å². The Morgan fingerprint density at radius 2 is 1.91 bits per heavy atom. The van der Waals surface area contributed by atoms with E-state index >= 15 is 0 Å². The molecule has 1 N–H and O–H groups in total. The van der Waals surface area contributed by atoms with Crippen LogP contribution in [0.4, 0.5) is 0 Å². The fraction of sp³-hybridized carbons (Fsp3) is 0.167. The number of pyridine rings is 2. The lowest BCUT2D eigenvalue weighted by Crippen LogP contribution is -2.05. The van der Waals surface area contributed by atoms with Crippen molar-refractivity contribution in [1.29, 1.82) is 0 Å². The van der Waals surface area contributed by atoms with E-state index in [1.807, 2.05) is 18.2 Å². The Bertz CT molecular complexity index is 1510. The lowest BCUT2D eigenvalue weighted by atomic mass is 10.1. The molecule has 0 radical (unpaired) electrons. The van der Waals surface area contributed by atoms with Gasteiger partial charge in [0.1, 0.15) is 0 Å². The molecule has 0 atom stereocenters. The zero-order valence-electron chi connectivity index (χ0n) is 17.5. The second kappa shape index (κ2) is 8.99. The third-order valence-corrected chi connectivity index (χ3v) is 7.16. The number of fused-ring (bicyclic) bond motifs is 1. The minimum atomic E-state index is -3.23. The lowest BCUT2D eigenvalue weighted by Gasteiger charge is -2.05. The highest BCUT2D eigenvalue weighted by Gasteiger charge is 2.11. The van der Waals surface area contributed by atoms with Crippen LogP contribution in [-0.2, 0) is 22.7 Å². The predicted octanol–water partition coefficient (Wildman–Crippen LogP) is 3.58. The molecule has 0 saturated carbocycles. The summed E-state index contributed by atoms with van der Waals surface area (Å²) in [5.41, 5.74) is 2.77. The van der Waals surface area contributed by atoms with E-state index in [9.17, 15) is 13.2 Å². The summed E-state index contributed by atoms with van der Waals surface area (Å²) in [6.45, 7) is 0. The predicted molar refractivity (Wildman–Crippen MR) is 126 cm³/mol. The Morgan fingerprint density at radius 1 is 1.12 bits per heavy atom. The van der Waals surface area contributed by atoms with Gasteiger partial charge in [0.05, 0.1) is 22.3 Å². The van der Waals surface area contributed by atoms with Gasteiger partial charge in [0.2, 0.25) is 5.88 Å². The second-order valence-electron chi connectivity index (χ2n) is 7.27. The van der Waals surface area contributed by atoms with E-state index in [1.165, 1.54) is 17.6 Å². The highest BCUT2D eigenvalue weighted by atomic mass is 32.2. The number of hydrogen-bond donors (Lipinski definition) is 1. The number of benzene rings is 1. The maximum Gasteiger partial charge on any atom is 0.256 e. The summed E-state index contributed by atoms with van der Waals surface area (Å²) >= 11 is 1.48. The van der Waals surface area contributed by atoms with E-state index in [4.69, 9.17) is 4.74 Å². The quantitative estimate of drug-likeness (QED) is 0.456. The molecule has 0 aliphatic carbocycles. The molecule has 0 unspecified atom stereocenters. The van der Waals surface area contributed by atoms with E-state index in [-0.39, 0.29) is 10.5 Å². The molecule has 6 nitrogen and oxygen atoms in total. The second-order valence-corrected chi connectivity index (χ2v) is 10.3. The van der Waals surface area contributed by atoms with E-state index in [1.54, 1.807) is 43.8 Å². The molecule has 8 heteroatoms. The average Bonchev–Trinajstić information content (AvgIpc) is 3.21. The van der Waals surface area contributed by atoms with Crippen LogP contribution >= 0.6 is 11.3 Å². The normalized spacial score (nSPS) is 11.2. The van der Waals surface area contributed by atoms with Crippen molar-refractivity contribution in [2.75, 3.05) is 13.4 Å². The molecule has 4 aromatic rings. The molecule has 0 aliphatic rings. The third-order valence-electron chi connectivity index (χ3n) is 4.90. The SMILES string of the molecule is COc1cc(CC#Cc2cc3c(=O)[nH]cc(Cc4ccc(S(C)(=O)=O)cc4)c3s2)ccn1. The number of sulfone groups is 1. The number of rotatable bonds is 5. The zero-order valence-corrected chi connectivity index (χ0v) is 19.1. The highest BCUT2D eigenvalue weighted by molar-refractivity contribution is 7.90. The fourth-order valence-electron chi connectivity index (χ4n) is 3.27. The van der Waals surface area contributed by atoms with Crippen molar-refractivity contribution >= 4 is 31.3 Å². The van der Waals surface area contributed by atoms with Gasteiger partial charge in [-0.1, -0.05) is 24.0 Å². The minimum Gasteiger partial charge on any atom is -0.481 e. The number of nitrogens with zero attached hydrogens (tertiary/aromatic N) is 1. The van der Waals surface area contributed by atoms with Crippen molar-refractivity contribution in [2.45, 2.75) is 17.7 Å². The van der Waals surface area contributed by atoms with Crippen LogP contribution in [-0.4, -0.2) is 31.8 Å². The Balaban J connectivity index is 1.60. The topological polar surface area (TPSA) is 89.1 Å². The largest absolute Gasteiger partial charge is 0.481 e. The maximum absolute atomic E-state index is 12.3. The molecule has 4 rings (SSSR count). The zero-order chi connectivity index (χ0) is 22.7. The molecule has 0 spiro atoms. The van der Waals surface area contributed by atoms with Gasteiger partial charge < -0.3 is 9.72 Å². The van der Waals surface area contributed by atoms with Crippen molar-refractivity contribution in [3.8, 4) is 17.7 Å². The molecular formula is C24H20N2O4S2. The summed E-state index contributed by atoms with van der Waals surface area (Å²) in [4.78, 5) is 20.3. The summed E-state index contributed by atoms with van der Waals surface area (Å²) in [7, 11) is -1.66. The van der Waals surface area contributed by atoms with Crippen molar-refractivity contribution in [3.05, 3.63) is 86.8 Å². The van der Waals surface area contributed by atoms with Gasteiger partial charge in [-0.3, -0.25) is 4.79 Å². The molecule has 32 heavy (non-hydrogen) atoms. The van der Waals surface area contributed by atoms with E-state index in [2.05, 4.69) is 21.8 Å². The Morgan fingerprint density at radius 3 is 2.62 bits per heavy atom. The van der Waals surface area contributed by atoms with E-state index < -0.39 is 9.84 Å². The number of ether oxygens (including phenoxy) is 1. The van der Waals surface area contributed by atoms with Gasteiger partial charge in [0.25, 0.3) is 5.56 Å². The van der Waals surface area contributed by atoms with Crippen molar-refractivity contribution in [3.63, 3.8) is 0 Å². The summed E-state index contributed by atoms with van der Waals surface area (Å²) in [6.07, 6.45) is 5.70. The Labute approximate surface area is 189 Å². The number of aromatic amines is 1. The smallest absolute Gasteiger partial charge is 0.256 e. The van der Waals surface area contributed by atoms with Crippen LogP contribution in [0.5, 0.6) is 5.88 Å². The molecule has 0 amide bonds. The van der Waals surface area contributed by atoms with Crippen LogP contribution in [0.15, 0.2) is 64.5 Å². The highest BCUT2D eigenvalue weighted by Crippen LogP contribution is 2.27. The molecule has 162 valence electrons. The van der Waals surface area contributed by atoms with Gasteiger partial charge in [-0.05, 0) is 41.0 Å². The maximum atomic E-state index is 12.3. The summed E-state index contributed by atoms with van der Waals surface area (Å²) in [5, 5.41) is 0.607. The first-order valence-corrected chi connectivity index (χ1v) is 12.4. The molecule has 1 aromatic carbocycles.